The molecule has 3 nitrogen and oxygen atoms in total. The minimum atomic E-state index is -0.299. The standard InChI is InChI=1S/C20H18N.C16H30O2.Ir/c1-2-9-16(10-3-1)20-13-17-11-6-12-18(19(17)14-21-20)15-7-4-5-8-15;1-5-15(6-2)9-11-10-16(7-3,8-4)14(18)12(11)13(15)17;/h1-3,6,9,11-15H,4-5,7-8H2;11-14,17-18H,5-10H2,1-4H3;/q-1;;. The molecule has 1 heterocycles. The first-order valence-corrected chi connectivity index (χ1v) is 15.6. The Kier molecular flexibility index (Phi) is 10.3. The van der Waals surface area contributed by atoms with Gasteiger partial charge in [-0.25, -0.2) is 0 Å². The van der Waals surface area contributed by atoms with Gasteiger partial charge >= 0.3 is 0 Å². The molecular formula is C36H48IrNO2-. The van der Waals surface area contributed by atoms with E-state index >= 15 is 0 Å². The van der Waals surface area contributed by atoms with Crippen LogP contribution in [0.25, 0.3) is 22.0 Å². The number of aliphatic hydroxyl groups is 2. The van der Waals surface area contributed by atoms with Gasteiger partial charge in [0.1, 0.15) is 0 Å². The Morgan fingerprint density at radius 1 is 0.850 bits per heavy atom. The normalized spacial score (nSPS) is 26.6. The monoisotopic (exact) mass is 719 g/mol. The molecule has 0 spiro atoms. The van der Waals surface area contributed by atoms with E-state index < -0.39 is 0 Å². The van der Waals surface area contributed by atoms with Crippen molar-refractivity contribution in [2.75, 3.05) is 0 Å². The van der Waals surface area contributed by atoms with Crippen molar-refractivity contribution < 1.29 is 30.3 Å². The van der Waals surface area contributed by atoms with Crippen LogP contribution in [0.1, 0.15) is 103 Å². The molecule has 0 aliphatic heterocycles. The van der Waals surface area contributed by atoms with Crippen LogP contribution in [0.3, 0.4) is 0 Å². The van der Waals surface area contributed by atoms with Crippen LogP contribution in [0.4, 0.5) is 0 Å². The summed E-state index contributed by atoms with van der Waals surface area (Å²) in [5.41, 5.74) is 3.70. The topological polar surface area (TPSA) is 53.4 Å². The average molecular weight is 719 g/mol. The molecule has 3 aromatic rings. The van der Waals surface area contributed by atoms with Crippen LogP contribution in [0, 0.1) is 28.7 Å². The van der Waals surface area contributed by atoms with E-state index in [2.05, 4.69) is 75.3 Å². The van der Waals surface area contributed by atoms with Gasteiger partial charge in [-0.3, -0.25) is 0 Å². The van der Waals surface area contributed by atoms with E-state index in [9.17, 15) is 10.2 Å². The first-order valence-electron chi connectivity index (χ1n) is 15.6. The molecule has 219 valence electrons. The summed E-state index contributed by atoms with van der Waals surface area (Å²) >= 11 is 0. The first kappa shape index (κ1) is 31.4. The minimum absolute atomic E-state index is 0. The molecule has 40 heavy (non-hydrogen) atoms. The molecule has 2 atom stereocenters. The summed E-state index contributed by atoms with van der Waals surface area (Å²) in [6.45, 7) is 8.75. The fourth-order valence-corrected chi connectivity index (χ4v) is 8.54. The number of fused-ring (bicyclic) bond motifs is 2. The van der Waals surface area contributed by atoms with Crippen LogP contribution in [-0.4, -0.2) is 27.4 Å². The zero-order valence-corrected chi connectivity index (χ0v) is 27.2. The van der Waals surface area contributed by atoms with Crippen LogP contribution >= 0.6 is 0 Å². The van der Waals surface area contributed by atoms with Gasteiger partial charge in [0.2, 0.25) is 0 Å². The van der Waals surface area contributed by atoms with Gasteiger partial charge in [-0.05, 0) is 90.7 Å². The number of hydrogen-bond acceptors (Lipinski definition) is 3. The molecule has 1 radical (unpaired) electrons. The number of nitrogens with zero attached hydrogens (tertiary/aromatic N) is 1. The predicted molar refractivity (Wildman–Crippen MR) is 161 cm³/mol. The SMILES string of the molecule is CCC1(CC)CC2CC(CC)(CC)C(O)C2C1O.[Ir].[c-]1ccccc1-c1cc2cccc(C3CCCC3)c2cn1. The maximum Gasteiger partial charge on any atom is 0.0651 e. The van der Waals surface area contributed by atoms with E-state index in [0.29, 0.717) is 5.92 Å². The molecule has 0 saturated heterocycles. The Morgan fingerprint density at radius 2 is 1.48 bits per heavy atom. The minimum Gasteiger partial charge on any atom is -0.392 e. The van der Waals surface area contributed by atoms with Gasteiger partial charge < -0.3 is 15.2 Å². The Morgan fingerprint density at radius 3 is 2.00 bits per heavy atom. The van der Waals surface area contributed by atoms with Crippen LogP contribution in [0.2, 0.25) is 0 Å². The van der Waals surface area contributed by atoms with Gasteiger partial charge in [0, 0.05) is 37.6 Å². The number of hydrogen-bond donors (Lipinski definition) is 2. The quantitative estimate of drug-likeness (QED) is 0.251. The molecular weight excluding hydrogens is 671 g/mol. The number of rotatable bonds is 6. The summed E-state index contributed by atoms with van der Waals surface area (Å²) < 4.78 is 0. The summed E-state index contributed by atoms with van der Waals surface area (Å²) in [5, 5.41) is 24.1. The third-order valence-corrected chi connectivity index (χ3v) is 11.3. The van der Waals surface area contributed by atoms with Crippen molar-refractivity contribution in [1.29, 1.82) is 0 Å². The molecule has 4 heteroatoms. The van der Waals surface area contributed by atoms with E-state index in [-0.39, 0.29) is 49.1 Å². The molecule has 3 fully saturated rings. The third kappa shape index (κ3) is 5.59. The van der Waals surface area contributed by atoms with Gasteiger partial charge in [0.25, 0.3) is 0 Å². The Bertz CT molecular complexity index is 1200. The largest absolute Gasteiger partial charge is 0.392 e. The molecule has 3 saturated carbocycles. The van der Waals surface area contributed by atoms with Crippen LogP contribution in [0.5, 0.6) is 0 Å². The van der Waals surface area contributed by atoms with E-state index in [1.807, 2.05) is 18.2 Å². The van der Waals surface area contributed by atoms with E-state index in [4.69, 9.17) is 0 Å². The summed E-state index contributed by atoms with van der Waals surface area (Å²) in [7, 11) is 0. The van der Waals surface area contributed by atoms with Crippen LogP contribution in [-0.2, 0) is 20.1 Å². The van der Waals surface area contributed by atoms with Crippen molar-refractivity contribution in [2.45, 2.75) is 110 Å². The number of benzene rings is 2. The molecule has 0 amide bonds. The third-order valence-electron chi connectivity index (χ3n) is 11.3. The average Bonchev–Trinajstić information content (AvgIpc) is 3.69. The first-order chi connectivity index (χ1) is 18.9. The number of aliphatic hydroxyl groups excluding tert-OH is 2. The molecule has 0 bridgehead atoms. The van der Waals surface area contributed by atoms with E-state index in [1.54, 1.807) is 0 Å². The summed E-state index contributed by atoms with van der Waals surface area (Å²) in [6.07, 6.45) is 13.2. The van der Waals surface area contributed by atoms with Crippen molar-refractivity contribution in [1.82, 2.24) is 4.98 Å². The molecule has 6 rings (SSSR count). The van der Waals surface area contributed by atoms with Crippen molar-refractivity contribution in [3.8, 4) is 11.3 Å². The molecule has 2 aromatic carbocycles. The second-order valence-corrected chi connectivity index (χ2v) is 12.7. The summed E-state index contributed by atoms with van der Waals surface area (Å²) in [5.74, 6) is 1.39. The molecule has 1 aromatic heterocycles. The van der Waals surface area contributed by atoms with Gasteiger partial charge in [0.05, 0.1) is 12.2 Å². The summed E-state index contributed by atoms with van der Waals surface area (Å²) in [4.78, 5) is 4.68. The van der Waals surface area contributed by atoms with Crippen molar-refractivity contribution in [2.24, 2.45) is 22.7 Å². The van der Waals surface area contributed by atoms with Gasteiger partial charge in [-0.2, -0.15) is 0 Å². The Hall–Kier alpha value is -1.58. The Labute approximate surface area is 255 Å². The molecule has 3 aliphatic carbocycles. The maximum absolute atomic E-state index is 10.7. The van der Waals surface area contributed by atoms with Crippen molar-refractivity contribution >= 4 is 10.8 Å². The second-order valence-electron chi connectivity index (χ2n) is 12.7. The van der Waals surface area contributed by atoms with Crippen molar-refractivity contribution in [3.05, 3.63) is 66.4 Å². The van der Waals surface area contributed by atoms with E-state index in [0.717, 1.165) is 55.7 Å². The Balaban J connectivity index is 0.000000183. The zero-order valence-electron chi connectivity index (χ0n) is 24.8. The fraction of sp³-hybridized carbons (Fsp3) is 0.583. The van der Waals surface area contributed by atoms with Gasteiger partial charge in [-0.15, -0.1) is 35.9 Å². The molecule has 2 N–H and O–H groups in total. The summed E-state index contributed by atoms with van der Waals surface area (Å²) in [6, 6.07) is 20.2. The zero-order chi connectivity index (χ0) is 27.6. The predicted octanol–water partition coefficient (Wildman–Crippen LogP) is 8.72. The smallest absolute Gasteiger partial charge is 0.0651 e. The van der Waals surface area contributed by atoms with E-state index in [1.165, 1.54) is 42.0 Å². The number of pyridine rings is 1. The van der Waals surface area contributed by atoms with Crippen LogP contribution in [0.15, 0.2) is 54.7 Å². The molecule has 2 unspecified atom stereocenters. The van der Waals surface area contributed by atoms with Crippen LogP contribution < -0.4 is 0 Å². The fourth-order valence-electron chi connectivity index (χ4n) is 8.54. The van der Waals surface area contributed by atoms with Gasteiger partial charge in [-0.1, -0.05) is 64.8 Å². The van der Waals surface area contributed by atoms with Crippen molar-refractivity contribution in [3.63, 3.8) is 0 Å². The number of aromatic nitrogens is 1. The molecule has 3 aliphatic rings. The van der Waals surface area contributed by atoms with Gasteiger partial charge in [0.15, 0.2) is 0 Å². The maximum atomic E-state index is 10.7. The second kappa shape index (κ2) is 13.2.